The highest BCUT2D eigenvalue weighted by molar-refractivity contribution is 8.23. The van der Waals surface area contributed by atoms with Crippen LogP contribution < -0.4 is 19.6 Å². The number of thioether (sulfide) groups is 1. The van der Waals surface area contributed by atoms with Gasteiger partial charge in [-0.3, -0.25) is 29.6 Å². The van der Waals surface area contributed by atoms with E-state index in [0.717, 1.165) is 91.8 Å². The number of rotatable bonds is 10. The average molecular weight is 1340 g/mol. The quantitative estimate of drug-likeness (QED) is 0.0425. The second-order valence-electron chi connectivity index (χ2n) is 21.9. The lowest BCUT2D eigenvalue weighted by Crippen LogP contribution is -2.41. The van der Waals surface area contributed by atoms with Crippen molar-refractivity contribution in [3.63, 3.8) is 0 Å². The third-order valence-electron chi connectivity index (χ3n) is 14.9. The lowest BCUT2D eigenvalue weighted by Gasteiger charge is -2.35. The zero-order chi connectivity index (χ0) is 65.4. The van der Waals surface area contributed by atoms with Crippen LogP contribution in [0.2, 0.25) is 0 Å². The Hall–Kier alpha value is -7.11. The van der Waals surface area contributed by atoms with Gasteiger partial charge in [-0.2, -0.15) is 13.2 Å². The summed E-state index contributed by atoms with van der Waals surface area (Å²) in [5.41, 5.74) is 15.1. The Morgan fingerprint density at radius 3 is 1.19 bits per heavy atom. The molecule has 0 N–H and O–H groups in total. The number of anilines is 8. The first-order valence-electron chi connectivity index (χ1n) is 29.5. The molecule has 0 aromatic heterocycles. The predicted octanol–water partition coefficient (Wildman–Crippen LogP) is 20.3. The van der Waals surface area contributed by atoms with Crippen LogP contribution in [0.5, 0.6) is 0 Å². The molecular formula is C70H71F3N6O6S6. The van der Waals surface area contributed by atoms with E-state index in [4.69, 9.17) is 21.7 Å². The fourth-order valence-corrected chi connectivity index (χ4v) is 16.6. The van der Waals surface area contributed by atoms with Gasteiger partial charge in [0.2, 0.25) is 0 Å². The van der Waals surface area contributed by atoms with E-state index < -0.39 is 17.7 Å². The first-order chi connectivity index (χ1) is 43.5. The van der Waals surface area contributed by atoms with Crippen LogP contribution in [0.25, 0.3) is 0 Å². The van der Waals surface area contributed by atoms with Gasteiger partial charge in [0.1, 0.15) is 17.5 Å². The number of halogens is 3. The van der Waals surface area contributed by atoms with E-state index in [0.29, 0.717) is 23.7 Å². The van der Waals surface area contributed by atoms with Crippen LogP contribution in [-0.4, -0.2) is 78.5 Å². The van der Waals surface area contributed by atoms with Gasteiger partial charge in [0, 0.05) is 64.3 Å². The van der Waals surface area contributed by atoms with Crippen LogP contribution in [-0.2, 0) is 20.4 Å². The van der Waals surface area contributed by atoms with Gasteiger partial charge < -0.3 is 19.3 Å². The number of alkyl halides is 3. The molecule has 0 bridgehead atoms. The number of methoxy groups -OCH3 is 1. The fraction of sp³-hybridized carbons (Fsp3) is 0.271. The molecule has 2 amide bonds. The van der Waals surface area contributed by atoms with Crippen LogP contribution in [0.1, 0.15) is 65.3 Å². The monoisotopic (exact) mass is 1340 g/mol. The maximum absolute atomic E-state index is 13.1. The number of benzene rings is 8. The standard InChI is InChI=1S/C19H18F3NO3S.C19H22N2OS.C17H17NS3.C15H14N2O2S/c1-12-3-5-14-16(9-12)27-17-10-13(19(20,21)22)4-6-15(17)23(14)11-18(24)26-8-7-25-2;1-5-20(6-2)19(22)21-15-9-7-13(3)11-17(15)23-18-12-14(4)8-10-16(18)21;1-4-20-17(19)18-13-7-5-11(2)9-15(13)21-16-10-12(3)6-8-14(16)18;1-10-3-5-12-14(7-10)20-15-8-11(2)4-6-13(15)16(12)9-17(18)19/h3-6,9-10H,7-8,11H2,1-2H3;7-12H,5-6H2,1-4H3;5-10H,4H2,1-3H3;3-8H,9H2,1-2H3. The maximum atomic E-state index is 13.1. The van der Waals surface area contributed by atoms with Gasteiger partial charge in [-0.25, -0.2) is 4.79 Å². The first kappa shape index (κ1) is 68.3. The smallest absolute Gasteiger partial charge is 0.416 e. The highest BCUT2D eigenvalue weighted by atomic mass is 32.2. The molecule has 0 atom stereocenters. The van der Waals surface area contributed by atoms with E-state index in [9.17, 15) is 32.9 Å². The van der Waals surface area contributed by atoms with Crippen molar-refractivity contribution in [2.75, 3.05) is 72.0 Å². The molecule has 4 aliphatic heterocycles. The number of nitrogens with zero attached hydrogens (tertiary/aromatic N) is 6. The lowest BCUT2D eigenvalue weighted by atomic mass is 10.1. The number of ether oxygens (including phenoxy) is 2. The zero-order valence-corrected chi connectivity index (χ0v) is 57.4. The number of amides is 2. The summed E-state index contributed by atoms with van der Waals surface area (Å²) in [7, 11) is 1.50. The first-order valence-corrected chi connectivity index (χ1v) is 34.2. The van der Waals surface area contributed by atoms with Crippen molar-refractivity contribution in [2.24, 2.45) is 0 Å². The molecule has 8 aromatic carbocycles. The third-order valence-corrected chi connectivity index (χ3v) is 20.5. The van der Waals surface area contributed by atoms with Crippen molar-refractivity contribution in [1.29, 1.82) is 0 Å². The Balaban J connectivity index is 0.000000144. The van der Waals surface area contributed by atoms with E-state index in [2.05, 4.69) is 124 Å². The van der Waals surface area contributed by atoms with Gasteiger partial charge in [0.15, 0.2) is 0 Å². The molecule has 0 saturated carbocycles. The topological polar surface area (TPSA) is 112 Å². The van der Waals surface area contributed by atoms with Crippen LogP contribution in [0.4, 0.5) is 63.5 Å². The number of urea groups is 1. The highest BCUT2D eigenvalue weighted by Gasteiger charge is 2.35. The molecule has 12 nitrogen and oxygen atoms in total. The van der Waals surface area contributed by atoms with Gasteiger partial charge in [0.25, 0.3) is 6.67 Å². The Labute approximate surface area is 557 Å². The molecule has 4 aliphatic rings. The molecule has 91 heavy (non-hydrogen) atoms. The van der Waals surface area contributed by atoms with Crippen molar-refractivity contribution < 1.29 is 37.2 Å². The summed E-state index contributed by atoms with van der Waals surface area (Å²) < 4.78 is 50.2. The number of esters is 1. The van der Waals surface area contributed by atoms with Gasteiger partial charge >= 0.3 is 18.2 Å². The molecule has 0 fully saturated rings. The van der Waals surface area contributed by atoms with Crippen LogP contribution in [0, 0.1) is 58.6 Å². The summed E-state index contributed by atoms with van der Waals surface area (Å²) in [4.78, 5) is 53.7. The number of aryl methyl sites for hydroxylation is 7. The van der Waals surface area contributed by atoms with Crippen LogP contribution >= 0.6 is 71.0 Å². The van der Waals surface area contributed by atoms with Gasteiger partial charge in [-0.05, 0) is 210 Å². The van der Waals surface area contributed by atoms with Crippen molar-refractivity contribution in [2.45, 2.75) is 115 Å². The van der Waals surface area contributed by atoms with Crippen LogP contribution in [0.3, 0.4) is 0 Å². The average Bonchev–Trinajstić information content (AvgIpc) is 0.856. The van der Waals surface area contributed by atoms with E-state index >= 15 is 0 Å². The van der Waals surface area contributed by atoms with E-state index in [1.807, 2.05) is 98.6 Å². The molecule has 0 saturated heterocycles. The number of nitro groups is 1. The van der Waals surface area contributed by atoms with E-state index in [-0.39, 0.29) is 37.4 Å². The van der Waals surface area contributed by atoms with Crippen molar-refractivity contribution in [3.05, 3.63) is 200 Å². The molecule has 0 unspecified atom stereocenters. The third kappa shape index (κ3) is 16.2. The SMILES string of the molecule is CCN(CC)C(=O)N1c2ccc(C)cc2Sc2cc(C)ccc21.CCSC(=S)N1c2ccc(C)cc2Sc2cc(C)ccc21.COCCOC(=O)CN1c2ccc(C)cc2Sc2cc(C(F)(F)F)ccc21.Cc1ccc2c(c1)Sc1cc(C)ccc1N2C[N+](=O)[O-]. The molecule has 12 rings (SSSR count). The second-order valence-corrected chi connectivity index (χ2v) is 28.1. The number of fused-ring (bicyclic) bond motifs is 8. The number of carbonyl (C=O) groups is 2. The highest BCUT2D eigenvalue weighted by Crippen LogP contribution is 2.53. The number of thiocarbonyl (C=S) groups is 1. The van der Waals surface area contributed by atoms with Crippen LogP contribution in [0.15, 0.2) is 185 Å². The summed E-state index contributed by atoms with van der Waals surface area (Å²) in [6.45, 7) is 22.1. The van der Waals surface area contributed by atoms with E-state index in [1.54, 1.807) is 45.1 Å². The predicted molar refractivity (Wildman–Crippen MR) is 373 cm³/mol. The molecule has 0 radical (unpaired) electrons. The molecule has 0 spiro atoms. The molecule has 474 valence electrons. The zero-order valence-electron chi connectivity index (χ0n) is 52.5. The summed E-state index contributed by atoms with van der Waals surface area (Å²) in [5, 5.41) is 11.0. The summed E-state index contributed by atoms with van der Waals surface area (Å²) in [5.74, 6) is 0.515. The Kier molecular flexibility index (Phi) is 22.6. The normalized spacial score (nSPS) is 12.9. The number of hydrogen-bond donors (Lipinski definition) is 0. The fourth-order valence-electron chi connectivity index (χ4n) is 10.4. The van der Waals surface area contributed by atoms with Gasteiger partial charge in [-0.15, -0.1) is 0 Å². The maximum Gasteiger partial charge on any atom is 0.416 e. The van der Waals surface area contributed by atoms with Crippen molar-refractivity contribution >= 4 is 133 Å². The second kappa shape index (κ2) is 30.1. The summed E-state index contributed by atoms with van der Waals surface area (Å²) >= 11 is 13.9. The number of hydrogen-bond acceptors (Lipinski definition) is 14. The van der Waals surface area contributed by atoms with Gasteiger partial charge in [-0.1, -0.05) is 120 Å². The van der Waals surface area contributed by atoms with E-state index in [1.165, 1.54) is 68.4 Å². The van der Waals surface area contributed by atoms with Crippen molar-refractivity contribution in [1.82, 2.24) is 4.90 Å². The molecule has 0 aliphatic carbocycles. The summed E-state index contributed by atoms with van der Waals surface area (Å²) in [6, 6.07) is 47.1. The Morgan fingerprint density at radius 1 is 0.516 bits per heavy atom. The van der Waals surface area contributed by atoms with Crippen molar-refractivity contribution in [3.8, 4) is 0 Å². The lowest BCUT2D eigenvalue weighted by molar-refractivity contribution is -0.477. The van der Waals surface area contributed by atoms with Gasteiger partial charge in [0.05, 0.1) is 57.7 Å². The minimum absolute atomic E-state index is 0.0468. The summed E-state index contributed by atoms with van der Waals surface area (Å²) in [6.07, 6.45) is -4.42. The minimum Gasteiger partial charge on any atom is -0.462 e. The Morgan fingerprint density at radius 2 is 0.846 bits per heavy atom. The number of carbonyl (C=O) groups excluding carboxylic acids is 2. The molecule has 4 heterocycles. The molecule has 8 aromatic rings. The minimum atomic E-state index is -4.42. The Bertz CT molecular complexity index is 3900. The molecular weight excluding hydrogens is 1270 g/mol. The molecule has 21 heteroatoms. The largest absolute Gasteiger partial charge is 0.462 e.